The molecule has 2 aliphatic heterocycles. The third kappa shape index (κ3) is 1.42. The molecule has 2 rings (SSSR count). The van der Waals surface area contributed by atoms with E-state index in [1.807, 2.05) is 0 Å². The molecule has 90 valence electrons. The van der Waals surface area contributed by atoms with Crippen LogP contribution >= 0.6 is 11.8 Å². The lowest BCUT2D eigenvalue weighted by molar-refractivity contribution is -0.167. The SMILES string of the molecule is CC(O)C1C(=O)N2C1SC(CN)C2C(=O)O. The summed E-state index contributed by atoms with van der Waals surface area (Å²) in [7, 11) is 0. The summed E-state index contributed by atoms with van der Waals surface area (Å²) in [5.74, 6) is -1.79. The molecule has 7 heteroatoms. The van der Waals surface area contributed by atoms with Crippen molar-refractivity contribution in [2.45, 2.75) is 29.7 Å². The fourth-order valence-corrected chi connectivity index (χ4v) is 4.04. The first-order chi connectivity index (χ1) is 7.49. The van der Waals surface area contributed by atoms with Gasteiger partial charge in [0, 0.05) is 6.54 Å². The third-order valence-electron chi connectivity index (χ3n) is 3.09. The summed E-state index contributed by atoms with van der Waals surface area (Å²) in [5.41, 5.74) is 5.50. The Labute approximate surface area is 96.8 Å². The molecule has 0 aromatic rings. The van der Waals surface area contributed by atoms with E-state index in [2.05, 4.69) is 0 Å². The number of nitrogens with zero attached hydrogens (tertiary/aromatic N) is 1. The van der Waals surface area contributed by atoms with Gasteiger partial charge in [-0.25, -0.2) is 4.79 Å². The van der Waals surface area contributed by atoms with Gasteiger partial charge in [0.05, 0.1) is 22.6 Å². The van der Waals surface area contributed by atoms with Gasteiger partial charge in [0.15, 0.2) is 0 Å². The molecule has 6 nitrogen and oxygen atoms in total. The van der Waals surface area contributed by atoms with Gasteiger partial charge in [-0.3, -0.25) is 4.79 Å². The Morgan fingerprint density at radius 1 is 1.69 bits per heavy atom. The van der Waals surface area contributed by atoms with Crippen LogP contribution in [0.3, 0.4) is 0 Å². The molecule has 0 saturated carbocycles. The minimum absolute atomic E-state index is 0.217. The van der Waals surface area contributed by atoms with E-state index in [1.165, 1.54) is 16.7 Å². The molecule has 2 aliphatic rings. The second-order valence-electron chi connectivity index (χ2n) is 4.10. The Morgan fingerprint density at radius 2 is 2.31 bits per heavy atom. The predicted octanol–water partition coefficient (Wildman–Crippen LogP) is -1.32. The normalized spacial score (nSPS) is 39.2. The number of rotatable bonds is 3. The number of hydrogen-bond donors (Lipinski definition) is 3. The number of carbonyl (C=O) groups is 2. The standard InChI is InChI=1S/C9H14N2O4S/c1-3(12)5-7(13)11-6(9(14)15)4(2-10)16-8(5)11/h3-6,8,12H,2,10H2,1H3,(H,14,15). The molecule has 4 N–H and O–H groups in total. The van der Waals surface area contributed by atoms with E-state index >= 15 is 0 Å². The highest BCUT2D eigenvalue weighted by molar-refractivity contribution is 8.01. The van der Waals surface area contributed by atoms with Gasteiger partial charge in [-0.2, -0.15) is 0 Å². The molecular formula is C9H14N2O4S. The lowest BCUT2D eigenvalue weighted by Crippen LogP contribution is -2.64. The van der Waals surface area contributed by atoms with E-state index in [0.717, 1.165) is 0 Å². The quantitative estimate of drug-likeness (QED) is 0.534. The zero-order valence-corrected chi connectivity index (χ0v) is 9.55. The number of β-lactam (4-membered cyclic amide) rings is 1. The van der Waals surface area contributed by atoms with Gasteiger partial charge < -0.3 is 20.8 Å². The summed E-state index contributed by atoms with van der Waals surface area (Å²) >= 11 is 1.38. The molecule has 0 aromatic heterocycles. The van der Waals surface area contributed by atoms with Crippen LogP contribution in [-0.2, 0) is 9.59 Å². The number of aliphatic carboxylic acids is 1. The van der Waals surface area contributed by atoms with E-state index < -0.39 is 24.0 Å². The van der Waals surface area contributed by atoms with Crippen LogP contribution in [0.15, 0.2) is 0 Å². The van der Waals surface area contributed by atoms with Crippen molar-refractivity contribution >= 4 is 23.6 Å². The average Bonchev–Trinajstić information content (AvgIpc) is 2.51. The van der Waals surface area contributed by atoms with Gasteiger partial charge in [0.25, 0.3) is 0 Å². The maximum Gasteiger partial charge on any atom is 0.327 e. The zero-order valence-electron chi connectivity index (χ0n) is 8.74. The second-order valence-corrected chi connectivity index (χ2v) is 5.46. The van der Waals surface area contributed by atoms with Crippen molar-refractivity contribution in [3.8, 4) is 0 Å². The van der Waals surface area contributed by atoms with Gasteiger partial charge in [0.2, 0.25) is 5.91 Å². The van der Waals surface area contributed by atoms with Crippen LogP contribution in [-0.4, -0.2) is 56.3 Å². The lowest BCUT2D eigenvalue weighted by Gasteiger charge is -2.44. The molecular weight excluding hydrogens is 232 g/mol. The third-order valence-corrected chi connectivity index (χ3v) is 4.69. The Kier molecular flexibility index (Phi) is 2.85. The van der Waals surface area contributed by atoms with Crippen LogP contribution in [0.2, 0.25) is 0 Å². The van der Waals surface area contributed by atoms with Crippen LogP contribution in [0.25, 0.3) is 0 Å². The first kappa shape index (κ1) is 11.7. The highest BCUT2D eigenvalue weighted by atomic mass is 32.2. The van der Waals surface area contributed by atoms with E-state index in [9.17, 15) is 14.7 Å². The summed E-state index contributed by atoms with van der Waals surface area (Å²) in [6, 6.07) is -0.845. The minimum Gasteiger partial charge on any atom is -0.480 e. The molecule has 2 fully saturated rings. The molecule has 0 spiro atoms. The van der Waals surface area contributed by atoms with Crippen molar-refractivity contribution in [3.05, 3.63) is 0 Å². The fourth-order valence-electron chi connectivity index (χ4n) is 2.30. The smallest absolute Gasteiger partial charge is 0.327 e. The number of carbonyl (C=O) groups excluding carboxylic acids is 1. The predicted molar refractivity (Wildman–Crippen MR) is 57.7 cm³/mol. The van der Waals surface area contributed by atoms with Gasteiger partial charge in [-0.15, -0.1) is 11.8 Å². The van der Waals surface area contributed by atoms with Crippen LogP contribution in [0, 0.1) is 5.92 Å². The lowest BCUT2D eigenvalue weighted by atomic mass is 9.90. The highest BCUT2D eigenvalue weighted by Crippen LogP contribution is 2.48. The molecule has 16 heavy (non-hydrogen) atoms. The number of carboxylic acid groups (broad SMARTS) is 1. The van der Waals surface area contributed by atoms with E-state index in [-0.39, 0.29) is 23.1 Å². The number of fused-ring (bicyclic) bond motifs is 1. The Morgan fingerprint density at radius 3 is 2.75 bits per heavy atom. The topological polar surface area (TPSA) is 104 Å². The first-order valence-electron chi connectivity index (χ1n) is 5.07. The Bertz CT molecular complexity index is 335. The van der Waals surface area contributed by atoms with E-state index in [1.54, 1.807) is 6.92 Å². The molecule has 5 atom stereocenters. The number of amides is 1. The molecule has 1 amide bonds. The molecule has 2 heterocycles. The largest absolute Gasteiger partial charge is 0.480 e. The van der Waals surface area contributed by atoms with Crippen molar-refractivity contribution in [1.82, 2.24) is 4.90 Å². The van der Waals surface area contributed by atoms with Crippen molar-refractivity contribution in [3.63, 3.8) is 0 Å². The van der Waals surface area contributed by atoms with Gasteiger partial charge in [-0.1, -0.05) is 0 Å². The molecule has 0 aromatic carbocycles. The zero-order chi connectivity index (χ0) is 12.0. The van der Waals surface area contributed by atoms with Crippen LogP contribution in [0.5, 0.6) is 0 Å². The van der Waals surface area contributed by atoms with Crippen molar-refractivity contribution < 1.29 is 19.8 Å². The summed E-state index contributed by atoms with van der Waals surface area (Å²) in [6.45, 7) is 1.76. The van der Waals surface area contributed by atoms with E-state index in [4.69, 9.17) is 10.8 Å². The highest BCUT2D eigenvalue weighted by Gasteiger charge is 2.61. The average molecular weight is 246 g/mol. The number of nitrogens with two attached hydrogens (primary N) is 1. The van der Waals surface area contributed by atoms with E-state index in [0.29, 0.717) is 0 Å². The summed E-state index contributed by atoms with van der Waals surface area (Å²) in [4.78, 5) is 24.1. The molecule has 0 radical (unpaired) electrons. The monoisotopic (exact) mass is 246 g/mol. The van der Waals surface area contributed by atoms with Crippen molar-refractivity contribution in [2.75, 3.05) is 6.54 Å². The molecule has 2 saturated heterocycles. The van der Waals surface area contributed by atoms with Gasteiger partial charge in [-0.05, 0) is 6.92 Å². The maximum atomic E-state index is 11.7. The van der Waals surface area contributed by atoms with Crippen molar-refractivity contribution in [1.29, 1.82) is 0 Å². The summed E-state index contributed by atoms with van der Waals surface area (Å²) in [6.07, 6.45) is -0.743. The van der Waals surface area contributed by atoms with Crippen molar-refractivity contribution in [2.24, 2.45) is 11.7 Å². The fraction of sp³-hybridized carbons (Fsp3) is 0.778. The number of thioether (sulfide) groups is 1. The number of aliphatic hydroxyl groups excluding tert-OH is 1. The Hall–Kier alpha value is -0.790. The molecule has 0 bridgehead atoms. The summed E-state index contributed by atoms with van der Waals surface area (Å²) in [5, 5.41) is 18.0. The van der Waals surface area contributed by atoms with Crippen LogP contribution in [0.4, 0.5) is 0 Å². The summed E-state index contributed by atoms with van der Waals surface area (Å²) < 4.78 is 0. The second kappa shape index (κ2) is 3.90. The number of carboxylic acids is 1. The van der Waals surface area contributed by atoms with Gasteiger partial charge in [0.1, 0.15) is 6.04 Å². The minimum atomic E-state index is -1.03. The van der Waals surface area contributed by atoms with Gasteiger partial charge >= 0.3 is 5.97 Å². The first-order valence-corrected chi connectivity index (χ1v) is 6.02. The Balaban J connectivity index is 2.20. The van der Waals surface area contributed by atoms with Crippen LogP contribution in [0.1, 0.15) is 6.92 Å². The maximum absolute atomic E-state index is 11.7. The number of aliphatic hydroxyl groups is 1. The number of hydrogen-bond acceptors (Lipinski definition) is 5. The molecule has 0 aliphatic carbocycles. The molecule has 5 unspecified atom stereocenters. The van der Waals surface area contributed by atoms with Crippen LogP contribution < -0.4 is 5.73 Å².